The van der Waals surface area contributed by atoms with E-state index in [1.165, 1.54) is 0 Å². The summed E-state index contributed by atoms with van der Waals surface area (Å²) in [5.74, 6) is -1.54. The molecule has 1 aromatic heterocycles. The van der Waals surface area contributed by atoms with E-state index in [4.69, 9.17) is 28.3 Å². The quantitative estimate of drug-likeness (QED) is 0.887. The highest BCUT2D eigenvalue weighted by atomic mass is 35.5. The Labute approximate surface area is 134 Å². The van der Waals surface area contributed by atoms with Crippen molar-refractivity contribution < 1.29 is 14.7 Å². The van der Waals surface area contributed by atoms with Gasteiger partial charge in [0, 0.05) is 10.0 Å². The smallest absolute Gasteiger partial charge is 0.340 e. The molecule has 0 saturated carbocycles. The van der Waals surface area contributed by atoms with E-state index in [2.05, 4.69) is 9.69 Å². The molecule has 0 spiro atoms. The van der Waals surface area contributed by atoms with Crippen LogP contribution in [0.5, 0.6) is 0 Å². The summed E-state index contributed by atoms with van der Waals surface area (Å²) in [6, 6.07) is 4.95. The number of aromatic carboxylic acids is 1. The molecule has 0 aliphatic heterocycles. The van der Waals surface area contributed by atoms with Gasteiger partial charge in [-0.3, -0.25) is 4.79 Å². The summed E-state index contributed by atoms with van der Waals surface area (Å²) in [6.07, 6.45) is -0.0471. The van der Waals surface area contributed by atoms with Gasteiger partial charge in [-0.2, -0.15) is 4.37 Å². The molecule has 110 valence electrons. The maximum absolute atomic E-state index is 12.0. The number of hydrogen-bond donors (Lipinski definition) is 2. The Morgan fingerprint density at radius 1 is 1.33 bits per heavy atom. The number of carboxylic acid groups (broad SMARTS) is 1. The summed E-state index contributed by atoms with van der Waals surface area (Å²) in [4.78, 5) is 23.2. The van der Waals surface area contributed by atoms with Crippen molar-refractivity contribution in [3.8, 4) is 0 Å². The van der Waals surface area contributed by atoms with Crippen molar-refractivity contribution in [3.63, 3.8) is 0 Å². The topological polar surface area (TPSA) is 79.3 Å². The Kier molecular flexibility index (Phi) is 4.82. The van der Waals surface area contributed by atoms with E-state index < -0.39 is 11.9 Å². The van der Waals surface area contributed by atoms with Crippen LogP contribution >= 0.6 is 34.7 Å². The minimum absolute atomic E-state index is 0.00129. The van der Waals surface area contributed by atoms with Crippen molar-refractivity contribution in [1.82, 2.24) is 4.37 Å². The van der Waals surface area contributed by atoms with Crippen LogP contribution in [0, 0.1) is 6.92 Å². The van der Waals surface area contributed by atoms with Crippen LogP contribution in [0.15, 0.2) is 18.2 Å². The molecule has 0 fully saturated rings. The lowest BCUT2D eigenvalue weighted by molar-refractivity contribution is -0.115. The van der Waals surface area contributed by atoms with Crippen molar-refractivity contribution in [2.75, 3.05) is 5.32 Å². The first-order valence-corrected chi connectivity index (χ1v) is 7.35. The minimum atomic E-state index is -1.13. The number of aromatic nitrogens is 1. The highest BCUT2D eigenvalue weighted by molar-refractivity contribution is 7.11. The number of benzene rings is 1. The first-order chi connectivity index (χ1) is 9.90. The monoisotopic (exact) mass is 344 g/mol. The van der Waals surface area contributed by atoms with Crippen LogP contribution in [0.4, 0.5) is 5.00 Å². The van der Waals surface area contributed by atoms with E-state index in [0.717, 1.165) is 11.5 Å². The Bertz CT molecular complexity index is 695. The summed E-state index contributed by atoms with van der Waals surface area (Å²) < 4.78 is 3.93. The fourth-order valence-corrected chi connectivity index (χ4v) is 3.08. The summed E-state index contributed by atoms with van der Waals surface area (Å²) in [5.41, 5.74) is 0.855. The molecule has 0 radical (unpaired) electrons. The molecular formula is C13H10Cl2N2O3S. The van der Waals surface area contributed by atoms with Crippen LogP contribution in [0.3, 0.4) is 0 Å². The summed E-state index contributed by atoms with van der Waals surface area (Å²) in [5, 5.41) is 12.6. The van der Waals surface area contributed by atoms with Gasteiger partial charge in [0.1, 0.15) is 10.6 Å². The third-order valence-corrected chi connectivity index (χ3v) is 4.29. The van der Waals surface area contributed by atoms with Crippen LogP contribution in [-0.2, 0) is 11.2 Å². The lowest BCUT2D eigenvalue weighted by atomic mass is 10.1. The predicted octanol–water partition coefficient (Wildman–Crippen LogP) is 3.64. The molecule has 21 heavy (non-hydrogen) atoms. The van der Waals surface area contributed by atoms with Gasteiger partial charge in [0.25, 0.3) is 0 Å². The predicted molar refractivity (Wildman–Crippen MR) is 82.6 cm³/mol. The number of hydrogen-bond acceptors (Lipinski definition) is 4. The van der Waals surface area contributed by atoms with Gasteiger partial charge in [0.2, 0.25) is 5.91 Å². The van der Waals surface area contributed by atoms with Gasteiger partial charge in [-0.25, -0.2) is 4.79 Å². The molecule has 0 aliphatic rings. The summed E-state index contributed by atoms with van der Waals surface area (Å²) >= 11 is 12.9. The molecule has 0 saturated heterocycles. The van der Waals surface area contributed by atoms with Gasteiger partial charge < -0.3 is 10.4 Å². The third-order valence-electron chi connectivity index (χ3n) is 2.73. The lowest BCUT2D eigenvalue weighted by Gasteiger charge is -2.07. The van der Waals surface area contributed by atoms with Crippen LogP contribution < -0.4 is 5.32 Å². The van der Waals surface area contributed by atoms with Crippen molar-refractivity contribution >= 4 is 51.6 Å². The standard InChI is InChI=1S/C13H10Cl2N2O3S/c1-6-11(13(19)20)12(21-17-6)16-10(18)5-7-8(14)3-2-4-9(7)15/h2-4H,5H2,1H3,(H,16,18)(H,19,20). The maximum atomic E-state index is 12.0. The van der Waals surface area contributed by atoms with Crippen LogP contribution in [-0.4, -0.2) is 21.4 Å². The zero-order chi connectivity index (χ0) is 15.6. The molecule has 0 unspecified atom stereocenters. The van der Waals surface area contributed by atoms with Crippen LogP contribution in [0.2, 0.25) is 10.0 Å². The Hall–Kier alpha value is -1.63. The molecule has 1 aromatic carbocycles. The Morgan fingerprint density at radius 2 is 1.95 bits per heavy atom. The molecular weight excluding hydrogens is 335 g/mol. The van der Waals surface area contributed by atoms with E-state index in [9.17, 15) is 9.59 Å². The fraction of sp³-hybridized carbons (Fsp3) is 0.154. The van der Waals surface area contributed by atoms with Crippen molar-refractivity contribution in [2.45, 2.75) is 13.3 Å². The third kappa shape index (κ3) is 3.53. The van der Waals surface area contributed by atoms with E-state index in [1.54, 1.807) is 25.1 Å². The molecule has 2 rings (SSSR count). The molecule has 5 nitrogen and oxygen atoms in total. The number of carbonyl (C=O) groups is 2. The molecule has 0 bridgehead atoms. The zero-order valence-electron chi connectivity index (χ0n) is 10.8. The number of anilines is 1. The van der Waals surface area contributed by atoms with E-state index in [1.807, 2.05) is 0 Å². The van der Waals surface area contributed by atoms with Crippen molar-refractivity contribution in [2.24, 2.45) is 0 Å². The Morgan fingerprint density at radius 3 is 2.52 bits per heavy atom. The van der Waals surface area contributed by atoms with E-state index in [-0.39, 0.29) is 17.0 Å². The fourth-order valence-electron chi connectivity index (χ4n) is 1.74. The number of halogens is 2. The second kappa shape index (κ2) is 6.43. The first-order valence-electron chi connectivity index (χ1n) is 5.82. The van der Waals surface area contributed by atoms with Crippen LogP contribution in [0.1, 0.15) is 21.6 Å². The number of amides is 1. The lowest BCUT2D eigenvalue weighted by Crippen LogP contribution is -2.16. The van der Waals surface area contributed by atoms with E-state index in [0.29, 0.717) is 21.3 Å². The number of nitrogens with zero attached hydrogens (tertiary/aromatic N) is 1. The number of carbonyl (C=O) groups excluding carboxylic acids is 1. The number of rotatable bonds is 4. The molecule has 1 heterocycles. The maximum Gasteiger partial charge on any atom is 0.340 e. The van der Waals surface area contributed by atoms with Gasteiger partial charge in [-0.05, 0) is 36.2 Å². The summed E-state index contributed by atoms with van der Waals surface area (Å²) in [6.45, 7) is 1.57. The number of aryl methyl sites for hydroxylation is 1. The van der Waals surface area contributed by atoms with Gasteiger partial charge in [-0.15, -0.1) is 0 Å². The molecule has 2 N–H and O–H groups in total. The van der Waals surface area contributed by atoms with Gasteiger partial charge >= 0.3 is 5.97 Å². The molecule has 8 heteroatoms. The highest BCUT2D eigenvalue weighted by Gasteiger charge is 2.20. The zero-order valence-corrected chi connectivity index (χ0v) is 13.1. The second-order valence-electron chi connectivity index (χ2n) is 4.20. The Balaban J connectivity index is 2.18. The molecule has 2 aromatic rings. The first kappa shape index (κ1) is 15.8. The average Bonchev–Trinajstić information content (AvgIpc) is 2.75. The largest absolute Gasteiger partial charge is 0.478 e. The van der Waals surface area contributed by atoms with Gasteiger partial charge in [0.05, 0.1) is 12.1 Å². The average molecular weight is 345 g/mol. The molecule has 0 atom stereocenters. The van der Waals surface area contributed by atoms with Crippen LogP contribution in [0.25, 0.3) is 0 Å². The minimum Gasteiger partial charge on any atom is -0.478 e. The molecule has 1 amide bonds. The second-order valence-corrected chi connectivity index (χ2v) is 5.79. The molecule has 0 aliphatic carbocycles. The summed E-state index contributed by atoms with van der Waals surface area (Å²) in [7, 11) is 0. The SMILES string of the molecule is Cc1nsc(NC(=O)Cc2c(Cl)cccc2Cl)c1C(=O)O. The van der Waals surface area contributed by atoms with Gasteiger partial charge in [0.15, 0.2) is 0 Å². The van der Waals surface area contributed by atoms with Crippen molar-refractivity contribution in [1.29, 1.82) is 0 Å². The number of carboxylic acids is 1. The highest BCUT2D eigenvalue weighted by Crippen LogP contribution is 2.27. The number of nitrogens with one attached hydrogen (secondary N) is 1. The van der Waals surface area contributed by atoms with Crippen molar-refractivity contribution in [3.05, 3.63) is 45.1 Å². The normalized spacial score (nSPS) is 10.4. The van der Waals surface area contributed by atoms with E-state index >= 15 is 0 Å². The van der Waals surface area contributed by atoms with Gasteiger partial charge in [-0.1, -0.05) is 29.3 Å².